The molecule has 0 saturated carbocycles. The standard InChI is InChI=1S/C16H22N4O/c1-11-12(2)19-16(18-11)15-7-14(21-3)10-20(15)9-13-5-4-6-17-8-13/h4-6,8,14-15H,7,9-10H2,1-3H3,(H,18,19)/t14-,15+/m1/s1. The molecule has 21 heavy (non-hydrogen) atoms. The lowest BCUT2D eigenvalue weighted by Crippen LogP contribution is -2.25. The van der Waals surface area contributed by atoms with Gasteiger partial charge in [-0.1, -0.05) is 6.07 Å². The third-order valence-electron chi connectivity index (χ3n) is 4.27. The molecule has 0 aromatic carbocycles. The Morgan fingerprint density at radius 1 is 1.43 bits per heavy atom. The van der Waals surface area contributed by atoms with Crippen LogP contribution in [0.1, 0.15) is 35.2 Å². The van der Waals surface area contributed by atoms with Crippen molar-refractivity contribution >= 4 is 0 Å². The van der Waals surface area contributed by atoms with Gasteiger partial charge in [0.1, 0.15) is 5.82 Å². The Balaban J connectivity index is 1.82. The molecule has 3 heterocycles. The summed E-state index contributed by atoms with van der Waals surface area (Å²) in [5, 5.41) is 0. The Labute approximate surface area is 125 Å². The first-order valence-corrected chi connectivity index (χ1v) is 7.36. The van der Waals surface area contributed by atoms with Gasteiger partial charge in [-0.2, -0.15) is 0 Å². The fourth-order valence-corrected chi connectivity index (χ4v) is 2.95. The number of methoxy groups -OCH3 is 1. The number of H-pyrrole nitrogens is 1. The molecule has 5 heteroatoms. The highest BCUT2D eigenvalue weighted by Gasteiger charge is 2.35. The lowest BCUT2D eigenvalue weighted by Gasteiger charge is -2.22. The van der Waals surface area contributed by atoms with Gasteiger partial charge in [-0.15, -0.1) is 0 Å². The molecule has 1 fully saturated rings. The van der Waals surface area contributed by atoms with Crippen molar-refractivity contribution < 1.29 is 4.74 Å². The maximum atomic E-state index is 5.57. The summed E-state index contributed by atoms with van der Waals surface area (Å²) in [7, 11) is 1.79. The molecule has 0 spiro atoms. The van der Waals surface area contributed by atoms with E-state index in [2.05, 4.69) is 32.8 Å². The van der Waals surface area contributed by atoms with Crippen LogP contribution < -0.4 is 0 Å². The van der Waals surface area contributed by atoms with Crippen molar-refractivity contribution in [1.82, 2.24) is 19.9 Å². The predicted molar refractivity (Wildman–Crippen MR) is 80.9 cm³/mol. The Kier molecular flexibility index (Phi) is 4.03. The molecule has 2 aromatic heterocycles. The number of aromatic amines is 1. The summed E-state index contributed by atoms with van der Waals surface area (Å²) < 4.78 is 5.57. The lowest BCUT2D eigenvalue weighted by molar-refractivity contribution is 0.107. The number of hydrogen-bond donors (Lipinski definition) is 1. The Morgan fingerprint density at radius 3 is 2.90 bits per heavy atom. The number of nitrogens with zero attached hydrogens (tertiary/aromatic N) is 3. The van der Waals surface area contributed by atoms with Gasteiger partial charge in [-0.3, -0.25) is 9.88 Å². The van der Waals surface area contributed by atoms with Crippen LogP contribution in [-0.4, -0.2) is 39.6 Å². The van der Waals surface area contributed by atoms with E-state index in [-0.39, 0.29) is 12.1 Å². The van der Waals surface area contributed by atoms with E-state index in [0.717, 1.165) is 36.7 Å². The first-order valence-electron chi connectivity index (χ1n) is 7.36. The van der Waals surface area contributed by atoms with Gasteiger partial charge in [-0.05, 0) is 31.9 Å². The second-order valence-corrected chi connectivity index (χ2v) is 5.73. The third kappa shape index (κ3) is 2.99. The Morgan fingerprint density at radius 2 is 2.29 bits per heavy atom. The van der Waals surface area contributed by atoms with Gasteiger partial charge in [0.2, 0.25) is 0 Å². The van der Waals surface area contributed by atoms with Crippen molar-refractivity contribution in [2.75, 3.05) is 13.7 Å². The molecule has 0 aliphatic carbocycles. The molecule has 2 atom stereocenters. The topological polar surface area (TPSA) is 54.0 Å². The zero-order chi connectivity index (χ0) is 14.8. The van der Waals surface area contributed by atoms with Gasteiger partial charge >= 0.3 is 0 Å². The Hall–Kier alpha value is -1.72. The van der Waals surface area contributed by atoms with Crippen LogP contribution in [0.3, 0.4) is 0 Å². The average molecular weight is 286 g/mol. The SMILES string of the molecule is CO[C@@H]1C[C@@H](c2nc(C)c(C)[nH]2)N(Cc2cccnc2)C1. The van der Waals surface area contributed by atoms with Crippen LogP contribution >= 0.6 is 0 Å². The monoisotopic (exact) mass is 286 g/mol. The molecule has 1 N–H and O–H groups in total. The van der Waals surface area contributed by atoms with Crippen molar-refractivity contribution in [3.05, 3.63) is 47.3 Å². The molecule has 0 radical (unpaired) electrons. The van der Waals surface area contributed by atoms with E-state index in [1.54, 1.807) is 7.11 Å². The van der Waals surface area contributed by atoms with Gasteiger partial charge in [0.05, 0.1) is 17.8 Å². The summed E-state index contributed by atoms with van der Waals surface area (Å²) in [6, 6.07) is 4.38. The van der Waals surface area contributed by atoms with Gasteiger partial charge in [-0.25, -0.2) is 4.98 Å². The first kappa shape index (κ1) is 14.2. The van der Waals surface area contributed by atoms with E-state index in [9.17, 15) is 0 Å². The van der Waals surface area contributed by atoms with E-state index >= 15 is 0 Å². The Bertz CT molecular complexity index is 576. The predicted octanol–water partition coefficient (Wildman–Crippen LogP) is 2.38. The number of aromatic nitrogens is 3. The molecule has 2 aromatic rings. The van der Waals surface area contributed by atoms with Crippen LogP contribution in [0, 0.1) is 13.8 Å². The third-order valence-corrected chi connectivity index (χ3v) is 4.27. The van der Waals surface area contributed by atoms with E-state index in [1.165, 1.54) is 5.56 Å². The molecule has 3 rings (SSSR count). The normalized spacial score (nSPS) is 22.8. The molecule has 0 unspecified atom stereocenters. The summed E-state index contributed by atoms with van der Waals surface area (Å²) in [6.45, 7) is 5.91. The number of imidazole rings is 1. The number of rotatable bonds is 4. The molecule has 0 amide bonds. The fourth-order valence-electron chi connectivity index (χ4n) is 2.95. The second-order valence-electron chi connectivity index (χ2n) is 5.73. The summed E-state index contributed by atoms with van der Waals surface area (Å²) in [5.41, 5.74) is 3.44. The van der Waals surface area contributed by atoms with Crippen LogP contribution in [0.5, 0.6) is 0 Å². The summed E-state index contributed by atoms with van der Waals surface area (Å²) >= 11 is 0. The zero-order valence-corrected chi connectivity index (χ0v) is 12.8. The number of aryl methyl sites for hydroxylation is 2. The fraction of sp³-hybridized carbons (Fsp3) is 0.500. The van der Waals surface area contributed by atoms with Crippen LogP contribution in [0.15, 0.2) is 24.5 Å². The van der Waals surface area contributed by atoms with Crippen molar-refractivity contribution in [2.24, 2.45) is 0 Å². The van der Waals surface area contributed by atoms with Gasteiger partial charge in [0.15, 0.2) is 0 Å². The van der Waals surface area contributed by atoms with Gasteiger partial charge < -0.3 is 9.72 Å². The highest BCUT2D eigenvalue weighted by Crippen LogP contribution is 2.33. The number of ether oxygens (including phenoxy) is 1. The molecule has 1 aliphatic rings. The van der Waals surface area contributed by atoms with Crippen LogP contribution in [0.2, 0.25) is 0 Å². The molecule has 0 bridgehead atoms. The number of hydrogen-bond acceptors (Lipinski definition) is 4. The number of likely N-dealkylation sites (tertiary alicyclic amines) is 1. The van der Waals surface area contributed by atoms with E-state index < -0.39 is 0 Å². The van der Waals surface area contributed by atoms with Gasteiger partial charge in [0.25, 0.3) is 0 Å². The maximum absolute atomic E-state index is 5.57. The highest BCUT2D eigenvalue weighted by atomic mass is 16.5. The average Bonchev–Trinajstić information content (AvgIpc) is 3.04. The second kappa shape index (κ2) is 5.95. The molecule has 112 valence electrons. The number of nitrogens with one attached hydrogen (secondary N) is 1. The largest absolute Gasteiger partial charge is 0.380 e. The minimum atomic E-state index is 0.261. The minimum absolute atomic E-state index is 0.261. The summed E-state index contributed by atoms with van der Waals surface area (Å²) in [5.74, 6) is 1.05. The van der Waals surface area contributed by atoms with Crippen molar-refractivity contribution in [1.29, 1.82) is 0 Å². The quantitative estimate of drug-likeness (QED) is 0.937. The maximum Gasteiger partial charge on any atom is 0.124 e. The first-order chi connectivity index (χ1) is 10.2. The summed E-state index contributed by atoms with van der Waals surface area (Å²) in [6.07, 6.45) is 4.97. The van der Waals surface area contributed by atoms with Crippen LogP contribution in [0.4, 0.5) is 0 Å². The smallest absolute Gasteiger partial charge is 0.124 e. The number of pyridine rings is 1. The van der Waals surface area contributed by atoms with E-state index in [1.807, 2.05) is 25.4 Å². The van der Waals surface area contributed by atoms with E-state index in [0.29, 0.717) is 0 Å². The molecule has 1 saturated heterocycles. The molecule has 1 aliphatic heterocycles. The molecular formula is C16H22N4O. The minimum Gasteiger partial charge on any atom is -0.380 e. The summed E-state index contributed by atoms with van der Waals surface area (Å²) in [4.78, 5) is 14.7. The van der Waals surface area contributed by atoms with Crippen molar-refractivity contribution in [3.8, 4) is 0 Å². The zero-order valence-electron chi connectivity index (χ0n) is 12.8. The molecular weight excluding hydrogens is 264 g/mol. The van der Waals surface area contributed by atoms with Crippen molar-refractivity contribution in [2.45, 2.75) is 39.0 Å². The highest BCUT2D eigenvalue weighted by molar-refractivity contribution is 5.16. The van der Waals surface area contributed by atoms with Gasteiger partial charge in [0, 0.05) is 38.3 Å². The van der Waals surface area contributed by atoms with E-state index in [4.69, 9.17) is 4.74 Å². The van der Waals surface area contributed by atoms with Crippen LogP contribution in [-0.2, 0) is 11.3 Å². The van der Waals surface area contributed by atoms with Crippen molar-refractivity contribution in [3.63, 3.8) is 0 Å². The van der Waals surface area contributed by atoms with Crippen LogP contribution in [0.25, 0.3) is 0 Å². The lowest BCUT2D eigenvalue weighted by atomic mass is 10.2. The molecule has 5 nitrogen and oxygen atoms in total.